The van der Waals surface area contributed by atoms with Gasteiger partial charge >= 0.3 is 0 Å². The number of hydrogen-bond donors (Lipinski definition) is 0. The van der Waals surface area contributed by atoms with Crippen molar-refractivity contribution in [3.05, 3.63) is 53.6 Å². The normalized spacial score (nSPS) is 13.3. The fraction of sp³-hybridized carbons (Fsp3) is 0.304. The van der Waals surface area contributed by atoms with Crippen molar-refractivity contribution in [2.24, 2.45) is 0 Å². The summed E-state index contributed by atoms with van der Waals surface area (Å²) < 4.78 is 16.5. The van der Waals surface area contributed by atoms with Gasteiger partial charge in [0.1, 0.15) is 17.2 Å². The third-order valence-corrected chi connectivity index (χ3v) is 5.88. The first kappa shape index (κ1) is 21.6. The van der Waals surface area contributed by atoms with E-state index in [-0.39, 0.29) is 5.91 Å². The van der Waals surface area contributed by atoms with E-state index in [9.17, 15) is 4.79 Å². The molecule has 0 bridgehead atoms. The highest BCUT2D eigenvalue weighted by Crippen LogP contribution is 2.41. The van der Waals surface area contributed by atoms with Crippen LogP contribution in [-0.2, 0) is 0 Å². The second kappa shape index (κ2) is 10.1. The summed E-state index contributed by atoms with van der Waals surface area (Å²) in [6, 6.07) is 13.2. The van der Waals surface area contributed by atoms with Crippen molar-refractivity contribution in [1.29, 1.82) is 5.26 Å². The highest BCUT2D eigenvalue weighted by Gasteiger charge is 2.24. The van der Waals surface area contributed by atoms with Crippen molar-refractivity contribution in [3.63, 3.8) is 0 Å². The number of nitrogens with zero attached hydrogens (tertiary/aromatic N) is 2. The molecule has 3 rings (SSSR count). The van der Waals surface area contributed by atoms with Gasteiger partial charge in [-0.05, 0) is 24.1 Å². The molecule has 6 nitrogen and oxygen atoms in total. The Hall–Kier alpha value is -3.11. The molecule has 0 N–H and O–H groups in total. The highest BCUT2D eigenvalue weighted by molar-refractivity contribution is 7.99. The molecule has 0 radical (unpaired) electrons. The Morgan fingerprint density at radius 1 is 1.13 bits per heavy atom. The van der Waals surface area contributed by atoms with Crippen LogP contribution in [0.2, 0.25) is 0 Å². The van der Waals surface area contributed by atoms with Crippen molar-refractivity contribution in [2.75, 3.05) is 40.2 Å². The van der Waals surface area contributed by atoms with Gasteiger partial charge in [0, 0.05) is 30.1 Å². The lowest BCUT2D eigenvalue weighted by Crippen LogP contribution is -2.35. The Bertz CT molecular complexity index is 972. The molecule has 0 unspecified atom stereocenters. The topological polar surface area (TPSA) is 71.8 Å². The second-order valence-corrected chi connectivity index (χ2v) is 7.60. The number of thioether (sulfide) groups is 1. The Labute approximate surface area is 181 Å². The zero-order chi connectivity index (χ0) is 21.5. The van der Waals surface area contributed by atoms with Crippen LogP contribution < -0.4 is 14.2 Å². The number of carbonyl (C=O) groups excluding carboxylic acids is 1. The number of hydrogen-bond acceptors (Lipinski definition) is 6. The molecule has 0 aromatic heterocycles. The molecule has 0 atom stereocenters. The first-order valence-electron chi connectivity index (χ1n) is 9.50. The molecule has 1 aliphatic rings. The minimum atomic E-state index is -0.0278. The third kappa shape index (κ3) is 4.55. The predicted molar refractivity (Wildman–Crippen MR) is 117 cm³/mol. The molecule has 2 aromatic carbocycles. The minimum absolute atomic E-state index is 0.0278. The maximum Gasteiger partial charge on any atom is 0.255 e. The first-order valence-corrected chi connectivity index (χ1v) is 10.5. The van der Waals surface area contributed by atoms with Gasteiger partial charge in [-0.3, -0.25) is 4.79 Å². The lowest BCUT2D eigenvalue weighted by molar-refractivity contribution is 0.0769. The molecule has 156 valence electrons. The van der Waals surface area contributed by atoms with Gasteiger partial charge in [0.05, 0.1) is 44.3 Å². The van der Waals surface area contributed by atoms with E-state index in [1.807, 2.05) is 47.4 Å². The van der Waals surface area contributed by atoms with Crippen LogP contribution in [0.3, 0.4) is 0 Å². The zero-order valence-corrected chi connectivity index (χ0v) is 18.1. The van der Waals surface area contributed by atoms with Crippen LogP contribution in [0.4, 0.5) is 0 Å². The number of benzene rings is 2. The van der Waals surface area contributed by atoms with Crippen LogP contribution in [0.5, 0.6) is 17.2 Å². The molecule has 0 spiro atoms. The Morgan fingerprint density at radius 3 is 2.40 bits per heavy atom. The second-order valence-electron chi connectivity index (χ2n) is 6.58. The number of nitriles is 1. The molecule has 1 amide bonds. The first-order chi connectivity index (χ1) is 14.6. The van der Waals surface area contributed by atoms with Crippen molar-refractivity contribution in [1.82, 2.24) is 4.90 Å². The van der Waals surface area contributed by atoms with E-state index in [0.29, 0.717) is 48.1 Å². The Balaban J connectivity index is 1.84. The van der Waals surface area contributed by atoms with Crippen molar-refractivity contribution in [2.45, 2.75) is 11.3 Å². The Kier molecular flexibility index (Phi) is 7.26. The molecule has 7 heteroatoms. The highest BCUT2D eigenvalue weighted by atomic mass is 32.2. The summed E-state index contributed by atoms with van der Waals surface area (Å²) in [4.78, 5) is 15.7. The molecular formula is C23H24N2O4S. The van der Waals surface area contributed by atoms with Gasteiger partial charge in [-0.1, -0.05) is 18.2 Å². The van der Waals surface area contributed by atoms with Gasteiger partial charge < -0.3 is 19.1 Å². The summed E-state index contributed by atoms with van der Waals surface area (Å²) in [5.74, 6) is 2.30. The monoisotopic (exact) mass is 424 g/mol. The molecule has 0 fully saturated rings. The Morgan fingerprint density at radius 2 is 1.83 bits per heavy atom. The van der Waals surface area contributed by atoms with Gasteiger partial charge in [0.25, 0.3) is 5.91 Å². The van der Waals surface area contributed by atoms with Gasteiger partial charge in [-0.25, -0.2) is 0 Å². The van der Waals surface area contributed by atoms with Crippen LogP contribution in [0, 0.1) is 11.3 Å². The van der Waals surface area contributed by atoms with E-state index in [2.05, 4.69) is 6.07 Å². The van der Waals surface area contributed by atoms with Crippen LogP contribution in [0.25, 0.3) is 5.57 Å². The van der Waals surface area contributed by atoms with E-state index in [4.69, 9.17) is 19.5 Å². The minimum Gasteiger partial charge on any atom is -0.496 e. The van der Waals surface area contributed by atoms with Crippen molar-refractivity contribution < 1.29 is 19.0 Å². The summed E-state index contributed by atoms with van der Waals surface area (Å²) in [6.45, 7) is 1.07. The van der Waals surface area contributed by atoms with Crippen LogP contribution in [0.15, 0.2) is 47.4 Å². The molecule has 1 aliphatic heterocycles. The summed E-state index contributed by atoms with van der Waals surface area (Å²) in [5, 5.41) is 8.86. The zero-order valence-electron chi connectivity index (χ0n) is 17.3. The van der Waals surface area contributed by atoms with Crippen LogP contribution >= 0.6 is 11.8 Å². The summed E-state index contributed by atoms with van der Waals surface area (Å²) in [7, 11) is 4.84. The van der Waals surface area contributed by atoms with Crippen molar-refractivity contribution >= 4 is 23.2 Å². The fourth-order valence-electron chi connectivity index (χ4n) is 3.45. The molecule has 0 saturated carbocycles. The average molecular weight is 425 g/mol. The molecule has 0 aliphatic carbocycles. The maximum absolute atomic E-state index is 13.1. The number of carbonyl (C=O) groups is 1. The standard InChI is InChI=1S/C23H24N2O4S/c1-27-17-14-19(28-2)22(20(15-17)29-3)16-8-11-25(12-9-16)23(26)18-6-4-5-7-21(18)30-13-10-24/h4-8,14-15H,9,11-13H2,1-3H3. The maximum atomic E-state index is 13.1. The van der Waals surface area contributed by atoms with E-state index in [0.717, 1.165) is 16.0 Å². The van der Waals surface area contributed by atoms with Gasteiger partial charge in [0.15, 0.2) is 0 Å². The molecule has 1 heterocycles. The summed E-state index contributed by atoms with van der Waals surface area (Å²) in [6.07, 6.45) is 2.72. The fourth-order valence-corrected chi connectivity index (χ4v) is 4.16. The van der Waals surface area contributed by atoms with Gasteiger partial charge in [-0.15, -0.1) is 11.8 Å². The van der Waals surface area contributed by atoms with E-state index in [1.165, 1.54) is 11.8 Å². The number of rotatable bonds is 7. The SMILES string of the molecule is COc1cc(OC)c(C2=CCN(C(=O)c3ccccc3SCC#N)CC2)c(OC)c1. The molecule has 0 saturated heterocycles. The third-order valence-electron chi connectivity index (χ3n) is 4.94. The number of amides is 1. The summed E-state index contributed by atoms with van der Waals surface area (Å²) in [5.41, 5.74) is 2.59. The number of methoxy groups -OCH3 is 3. The van der Waals surface area contributed by atoms with Crippen molar-refractivity contribution in [3.8, 4) is 23.3 Å². The molecular weight excluding hydrogens is 400 g/mol. The quantitative estimate of drug-likeness (QED) is 0.619. The lowest BCUT2D eigenvalue weighted by Gasteiger charge is -2.28. The van der Waals surface area contributed by atoms with Gasteiger partial charge in [-0.2, -0.15) is 5.26 Å². The van der Waals surface area contributed by atoms with Gasteiger partial charge in [0.2, 0.25) is 0 Å². The molecule has 2 aromatic rings. The lowest BCUT2D eigenvalue weighted by atomic mass is 9.96. The predicted octanol–water partition coefficient (Wildman–Crippen LogP) is 4.26. The van der Waals surface area contributed by atoms with E-state index in [1.54, 1.807) is 21.3 Å². The van der Waals surface area contributed by atoms with Crippen LogP contribution in [0.1, 0.15) is 22.3 Å². The van der Waals surface area contributed by atoms with E-state index < -0.39 is 0 Å². The molecule has 30 heavy (non-hydrogen) atoms. The smallest absolute Gasteiger partial charge is 0.255 e. The summed E-state index contributed by atoms with van der Waals surface area (Å²) >= 11 is 1.38. The largest absolute Gasteiger partial charge is 0.496 e. The van der Waals surface area contributed by atoms with Crippen LogP contribution in [-0.4, -0.2) is 51.0 Å². The van der Waals surface area contributed by atoms with E-state index >= 15 is 0 Å². The average Bonchev–Trinajstić information content (AvgIpc) is 2.81. The number of ether oxygens (including phenoxy) is 3.